The number of imidazole rings is 1. The number of hydrogen-bond acceptors (Lipinski definition) is 2. The van der Waals surface area contributed by atoms with Gasteiger partial charge in [0.1, 0.15) is 5.82 Å². The number of nitrogens with zero attached hydrogens (tertiary/aromatic N) is 2. The fourth-order valence-corrected chi connectivity index (χ4v) is 2.41. The van der Waals surface area contributed by atoms with E-state index in [0.717, 1.165) is 22.4 Å². The SMILES string of the molecule is CC(=O)C(C)n1c(-c2ccccc2)nc2ccccc21. The molecule has 0 amide bonds. The molecule has 2 aromatic carbocycles. The van der Waals surface area contributed by atoms with Crippen molar-refractivity contribution in [2.75, 3.05) is 0 Å². The van der Waals surface area contributed by atoms with E-state index < -0.39 is 0 Å². The molecule has 0 bridgehead atoms. The highest BCUT2D eigenvalue weighted by Crippen LogP contribution is 2.28. The van der Waals surface area contributed by atoms with E-state index in [1.807, 2.05) is 66.1 Å². The Hall–Kier alpha value is -2.42. The first-order chi connectivity index (χ1) is 9.68. The van der Waals surface area contributed by atoms with Gasteiger partial charge in [-0.05, 0) is 26.0 Å². The number of aromatic nitrogens is 2. The molecule has 3 heteroatoms. The molecular formula is C17H16N2O. The first-order valence-corrected chi connectivity index (χ1v) is 6.71. The molecule has 0 aliphatic carbocycles. The number of fused-ring (bicyclic) bond motifs is 1. The smallest absolute Gasteiger partial charge is 0.152 e. The maximum Gasteiger partial charge on any atom is 0.152 e. The van der Waals surface area contributed by atoms with Gasteiger partial charge < -0.3 is 4.57 Å². The van der Waals surface area contributed by atoms with Crippen molar-refractivity contribution >= 4 is 16.8 Å². The Morgan fingerprint density at radius 3 is 2.40 bits per heavy atom. The zero-order valence-corrected chi connectivity index (χ0v) is 11.6. The molecule has 1 unspecified atom stereocenters. The monoisotopic (exact) mass is 264 g/mol. The highest BCUT2D eigenvalue weighted by atomic mass is 16.1. The van der Waals surface area contributed by atoms with Crippen LogP contribution in [0, 0.1) is 0 Å². The van der Waals surface area contributed by atoms with Crippen LogP contribution in [0.15, 0.2) is 54.6 Å². The van der Waals surface area contributed by atoms with Crippen molar-refractivity contribution in [1.29, 1.82) is 0 Å². The van der Waals surface area contributed by atoms with Gasteiger partial charge >= 0.3 is 0 Å². The average Bonchev–Trinajstić information content (AvgIpc) is 2.86. The number of carbonyl (C=O) groups is 1. The van der Waals surface area contributed by atoms with E-state index in [1.165, 1.54) is 0 Å². The van der Waals surface area contributed by atoms with Crippen LogP contribution in [0.1, 0.15) is 19.9 Å². The summed E-state index contributed by atoms with van der Waals surface area (Å²) in [5, 5.41) is 0. The number of ketones is 1. The quantitative estimate of drug-likeness (QED) is 0.720. The van der Waals surface area contributed by atoms with Gasteiger partial charge in [-0.15, -0.1) is 0 Å². The summed E-state index contributed by atoms with van der Waals surface area (Å²) in [7, 11) is 0. The summed E-state index contributed by atoms with van der Waals surface area (Å²) in [4.78, 5) is 16.5. The van der Waals surface area contributed by atoms with Crippen LogP contribution < -0.4 is 0 Å². The molecule has 0 radical (unpaired) electrons. The van der Waals surface area contributed by atoms with Crippen molar-refractivity contribution in [2.24, 2.45) is 0 Å². The number of rotatable bonds is 3. The fourth-order valence-electron chi connectivity index (χ4n) is 2.41. The lowest BCUT2D eigenvalue weighted by Crippen LogP contribution is -2.14. The lowest BCUT2D eigenvalue weighted by atomic mass is 10.1. The fraction of sp³-hybridized carbons (Fsp3) is 0.176. The lowest BCUT2D eigenvalue weighted by molar-refractivity contribution is -0.119. The van der Waals surface area contributed by atoms with Gasteiger partial charge in [-0.2, -0.15) is 0 Å². The van der Waals surface area contributed by atoms with Crippen LogP contribution in [0.5, 0.6) is 0 Å². The number of carbonyl (C=O) groups excluding carboxylic acids is 1. The summed E-state index contributed by atoms with van der Waals surface area (Å²) in [6, 6.07) is 17.7. The molecular weight excluding hydrogens is 248 g/mol. The minimum atomic E-state index is -0.224. The van der Waals surface area contributed by atoms with E-state index in [1.54, 1.807) is 6.92 Å². The topological polar surface area (TPSA) is 34.9 Å². The minimum Gasteiger partial charge on any atom is -0.314 e. The molecule has 0 saturated heterocycles. The van der Waals surface area contributed by atoms with Crippen LogP contribution in [0.4, 0.5) is 0 Å². The standard InChI is InChI=1S/C17H16N2O/c1-12(13(2)20)19-16-11-7-6-10-15(16)18-17(19)14-8-4-3-5-9-14/h3-12H,1-2H3. The van der Waals surface area contributed by atoms with E-state index in [-0.39, 0.29) is 11.8 Å². The molecule has 0 aliphatic rings. The Labute approximate surface area is 117 Å². The Kier molecular flexibility index (Phi) is 3.11. The lowest BCUT2D eigenvalue weighted by Gasteiger charge is -2.14. The van der Waals surface area contributed by atoms with Crippen molar-refractivity contribution in [3.63, 3.8) is 0 Å². The van der Waals surface area contributed by atoms with Crippen molar-refractivity contribution in [3.05, 3.63) is 54.6 Å². The molecule has 1 atom stereocenters. The van der Waals surface area contributed by atoms with Gasteiger partial charge in [-0.1, -0.05) is 42.5 Å². The van der Waals surface area contributed by atoms with Crippen molar-refractivity contribution in [2.45, 2.75) is 19.9 Å². The predicted octanol–water partition coefficient (Wildman–Crippen LogP) is 3.85. The van der Waals surface area contributed by atoms with E-state index in [0.29, 0.717) is 0 Å². The van der Waals surface area contributed by atoms with Crippen LogP contribution >= 0.6 is 0 Å². The summed E-state index contributed by atoms with van der Waals surface area (Å²) in [5.74, 6) is 0.972. The second kappa shape index (κ2) is 4.93. The average molecular weight is 264 g/mol. The molecule has 20 heavy (non-hydrogen) atoms. The summed E-state index contributed by atoms with van der Waals surface area (Å²) < 4.78 is 2.02. The number of hydrogen-bond donors (Lipinski definition) is 0. The van der Waals surface area contributed by atoms with Gasteiger partial charge in [-0.25, -0.2) is 4.98 Å². The predicted molar refractivity (Wildman–Crippen MR) is 80.6 cm³/mol. The Balaban J connectivity index is 2.31. The molecule has 3 aromatic rings. The summed E-state index contributed by atoms with van der Waals surface area (Å²) in [5.41, 5.74) is 2.94. The molecule has 0 N–H and O–H groups in total. The van der Waals surface area contributed by atoms with Crippen molar-refractivity contribution in [1.82, 2.24) is 9.55 Å². The third-order valence-corrected chi connectivity index (χ3v) is 3.60. The van der Waals surface area contributed by atoms with E-state index in [9.17, 15) is 4.79 Å². The van der Waals surface area contributed by atoms with Crippen LogP contribution in [-0.4, -0.2) is 15.3 Å². The molecule has 0 fully saturated rings. The van der Waals surface area contributed by atoms with E-state index in [2.05, 4.69) is 0 Å². The van der Waals surface area contributed by atoms with Gasteiger partial charge in [0.15, 0.2) is 5.78 Å². The third kappa shape index (κ3) is 2.01. The first kappa shape index (κ1) is 12.6. The maximum atomic E-state index is 11.8. The van der Waals surface area contributed by atoms with Crippen LogP contribution in [0.3, 0.4) is 0 Å². The Bertz CT molecular complexity index is 759. The Morgan fingerprint density at radius 2 is 1.70 bits per heavy atom. The van der Waals surface area contributed by atoms with E-state index in [4.69, 9.17) is 4.98 Å². The number of para-hydroxylation sites is 2. The molecule has 1 heterocycles. The normalized spacial score (nSPS) is 12.5. The molecule has 0 saturated carbocycles. The van der Waals surface area contributed by atoms with Crippen molar-refractivity contribution in [3.8, 4) is 11.4 Å². The second-order valence-corrected chi connectivity index (χ2v) is 4.95. The number of benzene rings is 2. The third-order valence-electron chi connectivity index (χ3n) is 3.60. The summed E-state index contributed by atoms with van der Waals surface area (Å²) in [6.07, 6.45) is 0. The number of Topliss-reactive ketones (excluding diaryl/α,β-unsaturated/α-hetero) is 1. The van der Waals surface area contributed by atoms with Crippen molar-refractivity contribution < 1.29 is 4.79 Å². The maximum absolute atomic E-state index is 11.8. The van der Waals surface area contributed by atoms with Gasteiger partial charge in [0.2, 0.25) is 0 Å². The zero-order valence-electron chi connectivity index (χ0n) is 11.6. The van der Waals surface area contributed by atoms with Crippen LogP contribution in [0.2, 0.25) is 0 Å². The van der Waals surface area contributed by atoms with Gasteiger partial charge in [0, 0.05) is 5.56 Å². The van der Waals surface area contributed by atoms with Crippen LogP contribution in [0.25, 0.3) is 22.4 Å². The largest absolute Gasteiger partial charge is 0.314 e. The zero-order chi connectivity index (χ0) is 14.1. The summed E-state index contributed by atoms with van der Waals surface area (Å²) in [6.45, 7) is 3.54. The molecule has 0 aliphatic heterocycles. The molecule has 100 valence electrons. The highest BCUT2D eigenvalue weighted by molar-refractivity contribution is 5.86. The molecule has 3 rings (SSSR count). The minimum absolute atomic E-state index is 0.130. The first-order valence-electron chi connectivity index (χ1n) is 6.71. The van der Waals surface area contributed by atoms with E-state index >= 15 is 0 Å². The molecule has 0 spiro atoms. The van der Waals surface area contributed by atoms with Gasteiger partial charge in [0.05, 0.1) is 17.1 Å². The molecule has 3 nitrogen and oxygen atoms in total. The van der Waals surface area contributed by atoms with Gasteiger partial charge in [-0.3, -0.25) is 4.79 Å². The molecule has 1 aromatic heterocycles. The highest BCUT2D eigenvalue weighted by Gasteiger charge is 2.19. The summed E-state index contributed by atoms with van der Waals surface area (Å²) >= 11 is 0. The van der Waals surface area contributed by atoms with Gasteiger partial charge in [0.25, 0.3) is 0 Å². The van der Waals surface area contributed by atoms with Crippen LogP contribution in [-0.2, 0) is 4.79 Å². The Morgan fingerprint density at radius 1 is 1.05 bits per heavy atom. The second-order valence-electron chi connectivity index (χ2n) is 4.95.